The van der Waals surface area contributed by atoms with Gasteiger partial charge in [-0.1, -0.05) is 23.7 Å². The second-order valence-electron chi connectivity index (χ2n) is 8.71. The van der Waals surface area contributed by atoms with Gasteiger partial charge < -0.3 is 14.3 Å². The molecule has 0 bridgehead atoms. The Kier molecular flexibility index (Phi) is 4.59. The fraction of sp³-hybridized carbons (Fsp3) is 0.435. The van der Waals surface area contributed by atoms with Crippen molar-refractivity contribution in [2.45, 2.75) is 30.9 Å². The molecule has 1 saturated heterocycles. The molecule has 1 aliphatic carbocycles. The molecule has 2 aromatic heterocycles. The van der Waals surface area contributed by atoms with Crippen LogP contribution >= 0.6 is 11.6 Å². The van der Waals surface area contributed by atoms with Gasteiger partial charge in [0.15, 0.2) is 0 Å². The summed E-state index contributed by atoms with van der Waals surface area (Å²) in [7, 11) is 3.43. The van der Waals surface area contributed by atoms with E-state index < -0.39 is 23.5 Å². The molecule has 8 heteroatoms. The van der Waals surface area contributed by atoms with Crippen LogP contribution in [0.3, 0.4) is 0 Å². The first-order valence-corrected chi connectivity index (χ1v) is 10.7. The Bertz CT molecular complexity index is 1220. The van der Waals surface area contributed by atoms with E-state index in [-0.39, 0.29) is 12.1 Å². The second kappa shape index (κ2) is 6.89. The number of aromatic nitrogens is 2. The molecular formula is C23H24ClF2N3O2. The summed E-state index contributed by atoms with van der Waals surface area (Å²) in [5, 5.41) is 1.08. The number of fused-ring (bicyclic) bond motifs is 2. The van der Waals surface area contributed by atoms with Crippen molar-refractivity contribution < 1.29 is 13.5 Å². The number of halogens is 3. The molecule has 2 aliphatic rings. The highest BCUT2D eigenvalue weighted by atomic mass is 35.5. The van der Waals surface area contributed by atoms with Crippen molar-refractivity contribution in [3.8, 4) is 0 Å². The van der Waals surface area contributed by atoms with E-state index in [1.807, 2.05) is 29.6 Å². The van der Waals surface area contributed by atoms with Gasteiger partial charge in [-0.2, -0.15) is 0 Å². The molecule has 3 heterocycles. The lowest BCUT2D eigenvalue weighted by Gasteiger charge is -2.35. The summed E-state index contributed by atoms with van der Waals surface area (Å²) >= 11 is 5.96. The van der Waals surface area contributed by atoms with E-state index in [4.69, 9.17) is 16.3 Å². The van der Waals surface area contributed by atoms with E-state index in [2.05, 4.69) is 4.98 Å². The van der Waals surface area contributed by atoms with Crippen molar-refractivity contribution in [3.63, 3.8) is 0 Å². The molecule has 1 saturated carbocycles. The molecule has 2 fully saturated rings. The first-order chi connectivity index (χ1) is 14.7. The van der Waals surface area contributed by atoms with Crippen LogP contribution in [0, 0.1) is 12.8 Å². The van der Waals surface area contributed by atoms with Crippen molar-refractivity contribution in [2.75, 3.05) is 20.2 Å². The molecule has 3 unspecified atom stereocenters. The van der Waals surface area contributed by atoms with Crippen LogP contribution in [0.5, 0.6) is 0 Å². The standard InChI is InChI=1S/C23H24ClF2N3O2/c1-13-10-27-20(30)18-16(11-28(2)19(13)18)21(31-3)29-9-8-22(17(12-29)23(22,25)26)14-4-6-15(24)7-5-14/h4-7,10-11,17,21H,8-9,12H2,1-3H3,(H,27,30). The maximum atomic E-state index is 15.1. The topological polar surface area (TPSA) is 50.3 Å². The summed E-state index contributed by atoms with van der Waals surface area (Å²) < 4.78 is 37.9. The predicted molar refractivity (Wildman–Crippen MR) is 116 cm³/mol. The van der Waals surface area contributed by atoms with E-state index >= 15 is 8.78 Å². The lowest BCUT2D eigenvalue weighted by Crippen LogP contribution is -2.39. The number of nitrogens with one attached hydrogen (secondary N) is 1. The van der Waals surface area contributed by atoms with Gasteiger partial charge in [0, 0.05) is 50.2 Å². The Balaban J connectivity index is 1.50. The molecule has 0 amide bonds. The number of nitrogens with zero attached hydrogens (tertiary/aromatic N) is 2. The van der Waals surface area contributed by atoms with Gasteiger partial charge in [0.25, 0.3) is 11.5 Å². The Morgan fingerprint density at radius 1 is 1.29 bits per heavy atom. The summed E-state index contributed by atoms with van der Waals surface area (Å²) in [6.07, 6.45) is 3.29. The third kappa shape index (κ3) is 2.76. The molecule has 164 valence electrons. The van der Waals surface area contributed by atoms with Crippen LogP contribution in [0.25, 0.3) is 10.9 Å². The fourth-order valence-corrected chi connectivity index (χ4v) is 5.75. The Labute approximate surface area is 183 Å². The van der Waals surface area contributed by atoms with Gasteiger partial charge in [0.1, 0.15) is 6.23 Å². The van der Waals surface area contributed by atoms with Gasteiger partial charge in [-0.3, -0.25) is 9.69 Å². The Morgan fingerprint density at radius 2 is 2.00 bits per heavy atom. The minimum absolute atomic E-state index is 0.189. The number of aromatic amines is 1. The smallest absolute Gasteiger partial charge is 0.263 e. The van der Waals surface area contributed by atoms with E-state index in [9.17, 15) is 4.79 Å². The van der Waals surface area contributed by atoms with Crippen molar-refractivity contribution >= 4 is 22.5 Å². The van der Waals surface area contributed by atoms with Gasteiger partial charge in [-0.05, 0) is 36.6 Å². The van der Waals surface area contributed by atoms with Crippen LogP contribution in [0.1, 0.15) is 29.3 Å². The number of pyridine rings is 1. The lowest BCUT2D eigenvalue weighted by atomic mass is 9.86. The number of alkyl halides is 2. The third-order valence-electron chi connectivity index (χ3n) is 7.17. The molecular weight excluding hydrogens is 424 g/mol. The molecule has 31 heavy (non-hydrogen) atoms. The highest BCUT2D eigenvalue weighted by molar-refractivity contribution is 6.30. The van der Waals surface area contributed by atoms with Gasteiger partial charge in [-0.15, -0.1) is 0 Å². The maximum Gasteiger partial charge on any atom is 0.263 e. The van der Waals surface area contributed by atoms with Crippen molar-refractivity contribution in [2.24, 2.45) is 13.0 Å². The van der Waals surface area contributed by atoms with E-state index in [1.54, 1.807) is 37.6 Å². The number of rotatable bonds is 4. The van der Waals surface area contributed by atoms with Crippen LogP contribution in [0.2, 0.25) is 5.02 Å². The Morgan fingerprint density at radius 3 is 2.65 bits per heavy atom. The molecule has 3 atom stereocenters. The third-order valence-corrected chi connectivity index (χ3v) is 7.42. The van der Waals surface area contributed by atoms with Crippen molar-refractivity contribution in [1.29, 1.82) is 0 Å². The second-order valence-corrected chi connectivity index (χ2v) is 9.14. The number of hydrogen-bond donors (Lipinski definition) is 1. The van der Waals surface area contributed by atoms with Crippen LogP contribution in [-0.2, 0) is 17.2 Å². The molecule has 5 nitrogen and oxygen atoms in total. The summed E-state index contributed by atoms with van der Waals surface area (Å²) in [5.74, 6) is -3.59. The van der Waals surface area contributed by atoms with Gasteiger partial charge in [0.05, 0.1) is 22.2 Å². The van der Waals surface area contributed by atoms with Crippen molar-refractivity contribution in [3.05, 3.63) is 68.7 Å². The molecule has 3 aromatic rings. The van der Waals surface area contributed by atoms with E-state index in [1.165, 1.54) is 0 Å². The first-order valence-electron chi connectivity index (χ1n) is 10.3. The normalized spacial score (nSPS) is 26.1. The van der Waals surface area contributed by atoms with Gasteiger partial charge in [0.2, 0.25) is 0 Å². The van der Waals surface area contributed by atoms with Crippen molar-refractivity contribution in [1.82, 2.24) is 14.5 Å². The number of ether oxygens (including phenoxy) is 1. The summed E-state index contributed by atoms with van der Waals surface area (Å²) in [5.41, 5.74) is 1.74. The minimum atomic E-state index is -2.79. The average molecular weight is 448 g/mol. The highest BCUT2D eigenvalue weighted by Gasteiger charge is 2.81. The first kappa shape index (κ1) is 20.7. The number of H-pyrrole nitrogens is 1. The molecule has 5 rings (SSSR count). The highest BCUT2D eigenvalue weighted by Crippen LogP contribution is 2.70. The van der Waals surface area contributed by atoms with Crippen LogP contribution in [0.4, 0.5) is 8.78 Å². The predicted octanol–water partition coefficient (Wildman–Crippen LogP) is 4.38. The lowest BCUT2D eigenvalue weighted by molar-refractivity contribution is -0.0477. The number of aryl methyl sites for hydroxylation is 2. The zero-order valence-electron chi connectivity index (χ0n) is 17.6. The molecule has 0 radical (unpaired) electrons. The van der Waals surface area contributed by atoms with Crippen LogP contribution < -0.4 is 5.56 Å². The largest absolute Gasteiger partial charge is 0.362 e. The number of piperidine rings is 1. The molecule has 1 N–H and O–H groups in total. The monoisotopic (exact) mass is 447 g/mol. The summed E-state index contributed by atoms with van der Waals surface area (Å²) in [6.45, 7) is 2.55. The Hall–Kier alpha value is -2.22. The maximum absolute atomic E-state index is 15.1. The summed E-state index contributed by atoms with van der Waals surface area (Å²) in [6, 6.07) is 6.78. The minimum Gasteiger partial charge on any atom is -0.362 e. The number of methoxy groups -OCH3 is 1. The van der Waals surface area contributed by atoms with Crippen LogP contribution in [0.15, 0.2) is 41.5 Å². The van der Waals surface area contributed by atoms with Crippen LogP contribution in [-0.4, -0.2) is 40.6 Å². The van der Waals surface area contributed by atoms with E-state index in [0.29, 0.717) is 34.5 Å². The quantitative estimate of drug-likeness (QED) is 0.645. The number of hydrogen-bond acceptors (Lipinski definition) is 3. The zero-order valence-corrected chi connectivity index (χ0v) is 18.3. The zero-order chi connectivity index (χ0) is 22.1. The SMILES string of the molecule is COC(c1cn(C)c2c(C)c[nH]c(=O)c12)N1CCC2(c3ccc(Cl)cc3)C(C1)C2(F)F. The molecule has 0 spiro atoms. The van der Waals surface area contributed by atoms with Gasteiger partial charge >= 0.3 is 0 Å². The fourth-order valence-electron chi connectivity index (χ4n) is 5.63. The number of benzene rings is 1. The average Bonchev–Trinajstić information content (AvgIpc) is 3.04. The molecule has 1 aromatic carbocycles. The summed E-state index contributed by atoms with van der Waals surface area (Å²) in [4.78, 5) is 17.3. The molecule has 1 aliphatic heterocycles. The van der Waals surface area contributed by atoms with Gasteiger partial charge in [-0.25, -0.2) is 8.78 Å². The van der Waals surface area contributed by atoms with E-state index in [0.717, 1.165) is 11.1 Å². The number of likely N-dealkylation sites (tertiary alicyclic amines) is 1.